The van der Waals surface area contributed by atoms with Gasteiger partial charge in [0.05, 0.1) is 22.4 Å². The molecule has 3 nitrogen and oxygen atoms in total. The van der Waals surface area contributed by atoms with E-state index in [1.165, 1.54) is 63.7 Å². The minimum absolute atomic E-state index is 0.135. The molecule has 0 saturated carbocycles. The zero-order valence-electron chi connectivity index (χ0n) is 29.7. The van der Waals surface area contributed by atoms with Crippen molar-refractivity contribution >= 4 is 45.3 Å². The molecule has 2 aliphatic rings. The van der Waals surface area contributed by atoms with Crippen LogP contribution in [-0.4, -0.2) is 14.5 Å². The molecule has 256 valence electrons. The molecule has 0 unspecified atom stereocenters. The Bertz CT molecular complexity index is 2910. The van der Waals surface area contributed by atoms with Crippen molar-refractivity contribution < 1.29 is 0 Å². The fraction of sp³-hybridized carbons (Fsp3) is 0.0612. The molecule has 1 aliphatic heterocycles. The third-order valence-electron chi connectivity index (χ3n) is 11.1. The van der Waals surface area contributed by atoms with Crippen molar-refractivity contribution in [3.05, 3.63) is 175 Å². The first-order chi connectivity index (χ1) is 26.5. The van der Waals surface area contributed by atoms with Crippen molar-refractivity contribution in [3.8, 4) is 50.7 Å². The summed E-state index contributed by atoms with van der Waals surface area (Å²) in [5.74, 6) is 0.660. The van der Waals surface area contributed by atoms with Gasteiger partial charge in [0.1, 0.15) is 0 Å². The van der Waals surface area contributed by atoms with Gasteiger partial charge in [-0.3, -0.25) is 4.57 Å². The van der Waals surface area contributed by atoms with Gasteiger partial charge in [-0.15, -0.1) is 0 Å². The van der Waals surface area contributed by atoms with Crippen molar-refractivity contribution in [1.29, 1.82) is 0 Å². The summed E-state index contributed by atoms with van der Waals surface area (Å²) in [5, 5.41) is 2.36. The van der Waals surface area contributed by atoms with Crippen LogP contribution in [-0.2, 0) is 5.41 Å². The lowest BCUT2D eigenvalue weighted by molar-refractivity contribution is 0.642. The second-order valence-electron chi connectivity index (χ2n) is 14.6. The zero-order valence-corrected chi connectivity index (χ0v) is 31.4. The highest BCUT2D eigenvalue weighted by molar-refractivity contribution is 8.05. The summed E-state index contributed by atoms with van der Waals surface area (Å²) < 4.78 is 2.23. The van der Waals surface area contributed by atoms with Crippen molar-refractivity contribution in [2.24, 2.45) is 0 Å². The normalized spacial score (nSPS) is 13.7. The number of benzene rings is 7. The van der Waals surface area contributed by atoms with Crippen LogP contribution < -0.4 is 0 Å². The second kappa shape index (κ2) is 12.1. The lowest BCUT2D eigenvalue weighted by Crippen LogP contribution is -2.17. The van der Waals surface area contributed by atoms with Crippen LogP contribution in [0.4, 0.5) is 0 Å². The summed E-state index contributed by atoms with van der Waals surface area (Å²) in [6.45, 7) is 4.80. The van der Waals surface area contributed by atoms with Gasteiger partial charge in [-0.25, -0.2) is 9.97 Å². The molecule has 54 heavy (non-hydrogen) atoms. The summed E-state index contributed by atoms with van der Waals surface area (Å²) >= 11 is 3.83. The Balaban J connectivity index is 1.04. The van der Waals surface area contributed by atoms with Gasteiger partial charge in [-0.2, -0.15) is 0 Å². The van der Waals surface area contributed by atoms with Crippen LogP contribution in [0, 0.1) is 0 Å². The maximum atomic E-state index is 5.22. The molecule has 1 aliphatic carbocycles. The molecule has 0 atom stereocenters. The average Bonchev–Trinajstić information content (AvgIpc) is 3.68. The molecule has 0 amide bonds. The van der Waals surface area contributed by atoms with E-state index < -0.39 is 0 Å². The van der Waals surface area contributed by atoms with Crippen molar-refractivity contribution in [2.75, 3.05) is 0 Å². The fourth-order valence-corrected chi connectivity index (χ4v) is 11.0. The Morgan fingerprint density at radius 3 is 1.80 bits per heavy atom. The van der Waals surface area contributed by atoms with Gasteiger partial charge in [-0.05, 0) is 81.9 Å². The van der Waals surface area contributed by atoms with E-state index in [2.05, 4.69) is 170 Å². The Morgan fingerprint density at radius 2 is 1.06 bits per heavy atom. The van der Waals surface area contributed by atoms with Crippen LogP contribution in [0.1, 0.15) is 25.0 Å². The van der Waals surface area contributed by atoms with Crippen LogP contribution in [0.15, 0.2) is 183 Å². The molecular weight excluding hydrogens is 695 g/mol. The molecule has 0 radical (unpaired) electrons. The quantitative estimate of drug-likeness (QED) is 0.181. The number of fused-ring (bicyclic) bond motifs is 9. The lowest BCUT2D eigenvalue weighted by Gasteiger charge is -2.28. The van der Waals surface area contributed by atoms with E-state index in [1.807, 2.05) is 35.7 Å². The van der Waals surface area contributed by atoms with Gasteiger partial charge in [0, 0.05) is 46.9 Å². The largest absolute Gasteiger partial charge is 0.278 e. The summed E-state index contributed by atoms with van der Waals surface area (Å²) in [6.07, 6.45) is 0. The molecule has 0 bridgehead atoms. The molecule has 0 spiro atoms. The predicted octanol–water partition coefficient (Wildman–Crippen LogP) is 13.5. The van der Waals surface area contributed by atoms with Gasteiger partial charge >= 0.3 is 0 Å². The van der Waals surface area contributed by atoms with Crippen LogP contribution in [0.5, 0.6) is 0 Å². The smallest absolute Gasteiger partial charge is 0.235 e. The topological polar surface area (TPSA) is 30.7 Å². The van der Waals surface area contributed by atoms with Gasteiger partial charge in [0.2, 0.25) is 5.95 Å². The first-order valence-corrected chi connectivity index (χ1v) is 20.0. The highest BCUT2D eigenvalue weighted by atomic mass is 32.2. The first-order valence-electron chi connectivity index (χ1n) is 18.3. The lowest BCUT2D eigenvalue weighted by atomic mass is 9.81. The van der Waals surface area contributed by atoms with E-state index in [1.54, 1.807) is 0 Å². The van der Waals surface area contributed by atoms with E-state index in [9.17, 15) is 0 Å². The summed E-state index contributed by atoms with van der Waals surface area (Å²) in [7, 11) is 0. The maximum absolute atomic E-state index is 5.22. The molecule has 2 aromatic heterocycles. The number of aromatic nitrogens is 3. The molecule has 11 rings (SSSR count). The number of rotatable bonds is 4. The van der Waals surface area contributed by atoms with Gasteiger partial charge in [-0.1, -0.05) is 153 Å². The number of para-hydroxylation sites is 1. The summed E-state index contributed by atoms with van der Waals surface area (Å²) in [5.41, 5.74) is 13.9. The first kappa shape index (κ1) is 31.6. The van der Waals surface area contributed by atoms with Gasteiger partial charge in [0.15, 0.2) is 0 Å². The molecule has 9 aromatic rings. The number of nitrogens with zero attached hydrogens (tertiary/aromatic N) is 3. The van der Waals surface area contributed by atoms with Crippen LogP contribution >= 0.6 is 23.5 Å². The standard InChI is InChI=1S/C49H33N3S2/c1-49(2)38-28-33(21-23-34(38)36-24-26-45-47(46(36)49)54-44-20-12-11-19-43(44)53-45)32-22-25-42-37(27-32)35-17-9-10-18-41(35)52(42)48-50-39(30-13-5-3-6-14-30)29-40(51-48)31-15-7-4-8-16-31/h3-29H,1-2H3. The van der Waals surface area contributed by atoms with E-state index >= 15 is 0 Å². The molecule has 7 aromatic carbocycles. The average molecular weight is 728 g/mol. The molecule has 5 heteroatoms. The Hall–Kier alpha value is -5.88. The van der Waals surface area contributed by atoms with E-state index in [0.29, 0.717) is 5.95 Å². The zero-order chi connectivity index (χ0) is 36.0. The summed E-state index contributed by atoms with van der Waals surface area (Å²) in [6, 6.07) is 58.9. The van der Waals surface area contributed by atoms with E-state index in [4.69, 9.17) is 9.97 Å². The van der Waals surface area contributed by atoms with Gasteiger partial charge < -0.3 is 0 Å². The van der Waals surface area contributed by atoms with Crippen molar-refractivity contribution in [1.82, 2.24) is 14.5 Å². The Morgan fingerprint density at radius 1 is 0.463 bits per heavy atom. The van der Waals surface area contributed by atoms with Crippen LogP contribution in [0.25, 0.3) is 72.5 Å². The monoisotopic (exact) mass is 727 g/mol. The minimum Gasteiger partial charge on any atom is -0.278 e. The Kier molecular flexibility index (Phi) is 7.07. The third-order valence-corrected chi connectivity index (χ3v) is 13.7. The van der Waals surface area contributed by atoms with Crippen molar-refractivity contribution in [3.63, 3.8) is 0 Å². The highest BCUT2D eigenvalue weighted by Crippen LogP contribution is 2.59. The maximum Gasteiger partial charge on any atom is 0.235 e. The Labute approximate surface area is 322 Å². The molecular formula is C49H33N3S2. The molecule has 0 N–H and O–H groups in total. The second-order valence-corrected chi connectivity index (χ2v) is 16.7. The van der Waals surface area contributed by atoms with Crippen LogP contribution in [0.2, 0.25) is 0 Å². The van der Waals surface area contributed by atoms with Gasteiger partial charge in [0.25, 0.3) is 0 Å². The number of hydrogen-bond acceptors (Lipinski definition) is 4. The number of hydrogen-bond donors (Lipinski definition) is 0. The van der Waals surface area contributed by atoms with E-state index in [-0.39, 0.29) is 5.41 Å². The third kappa shape index (κ3) is 4.85. The van der Waals surface area contributed by atoms with Crippen molar-refractivity contribution in [2.45, 2.75) is 38.8 Å². The molecule has 0 saturated heterocycles. The fourth-order valence-electron chi connectivity index (χ4n) is 8.46. The SMILES string of the molecule is CC1(C)c2cc(-c3ccc4c(c3)c3ccccc3n4-c3nc(-c4ccccc4)cc(-c4ccccc4)n3)ccc2-c2ccc3c(c21)Sc1ccccc1S3. The summed E-state index contributed by atoms with van der Waals surface area (Å²) in [4.78, 5) is 15.9. The van der Waals surface area contributed by atoms with E-state index in [0.717, 1.165) is 33.5 Å². The van der Waals surface area contributed by atoms with Crippen LogP contribution in [0.3, 0.4) is 0 Å². The molecule has 3 heterocycles. The minimum atomic E-state index is -0.135. The molecule has 0 fully saturated rings. The predicted molar refractivity (Wildman–Crippen MR) is 225 cm³/mol. The highest BCUT2D eigenvalue weighted by Gasteiger charge is 2.39.